The van der Waals surface area contributed by atoms with Crippen LogP contribution in [0.15, 0.2) is 0 Å². The lowest BCUT2D eigenvalue weighted by Crippen LogP contribution is -2.24. The Morgan fingerprint density at radius 1 is 1.56 bits per heavy atom. The van der Waals surface area contributed by atoms with Crippen LogP contribution < -0.4 is 10.5 Å². The first kappa shape index (κ1) is 8.83. The molecule has 0 bridgehead atoms. The van der Waals surface area contributed by atoms with Crippen molar-refractivity contribution in [2.75, 3.05) is 13.1 Å². The van der Waals surface area contributed by atoms with Crippen LogP contribution in [0.3, 0.4) is 0 Å². The molecule has 0 saturated heterocycles. The predicted octanol–water partition coefficient (Wildman–Crippen LogP) is -1.27. The molecule has 0 aliphatic carbocycles. The highest BCUT2D eigenvalue weighted by molar-refractivity contribution is 7.83. The van der Waals surface area contributed by atoms with Gasteiger partial charge in [0.1, 0.15) is 0 Å². The summed E-state index contributed by atoms with van der Waals surface area (Å²) in [6, 6.07) is 0. The van der Waals surface area contributed by atoms with Crippen molar-refractivity contribution in [3.8, 4) is 0 Å². The Hall–Kier alpha value is -0.170. The van der Waals surface area contributed by atoms with Crippen molar-refractivity contribution in [3.05, 3.63) is 0 Å². The van der Waals surface area contributed by atoms with Crippen LogP contribution in [0.5, 0.6) is 0 Å². The maximum atomic E-state index is 9.91. The molecule has 0 aromatic rings. The van der Waals surface area contributed by atoms with Crippen molar-refractivity contribution in [1.29, 1.82) is 0 Å². The molecule has 0 fully saturated rings. The first-order valence-corrected chi connectivity index (χ1v) is 3.92. The number of hydrogen-bond donors (Lipinski definition) is 3. The summed E-state index contributed by atoms with van der Waals surface area (Å²) in [5, 5.41) is 0. The molecule has 0 rings (SSSR count). The second-order valence-electron chi connectivity index (χ2n) is 1.51. The Labute approximate surface area is 54.1 Å². The minimum absolute atomic E-state index is 0.190. The smallest absolute Gasteiger partial charge is 0.330 e. The topological polar surface area (TPSA) is 92.4 Å². The third-order valence-corrected chi connectivity index (χ3v) is 1.23. The molecule has 9 heavy (non-hydrogen) atoms. The van der Waals surface area contributed by atoms with E-state index < -0.39 is 10.3 Å². The summed E-state index contributed by atoms with van der Waals surface area (Å²) >= 11 is 0. The molecular formula is C3H10N2O3S. The first-order valence-electron chi connectivity index (χ1n) is 2.48. The van der Waals surface area contributed by atoms with Gasteiger partial charge in [0.05, 0.1) is 0 Å². The molecule has 4 N–H and O–H groups in total. The Morgan fingerprint density at radius 3 is 2.44 bits per heavy atom. The van der Waals surface area contributed by atoms with Gasteiger partial charge in [0.15, 0.2) is 0 Å². The molecule has 0 saturated carbocycles. The van der Waals surface area contributed by atoms with E-state index in [0.29, 0.717) is 13.0 Å². The maximum Gasteiger partial charge on any atom is 0.333 e. The van der Waals surface area contributed by atoms with Crippen molar-refractivity contribution in [2.24, 2.45) is 5.73 Å². The van der Waals surface area contributed by atoms with Gasteiger partial charge >= 0.3 is 10.3 Å². The second-order valence-corrected chi connectivity index (χ2v) is 2.75. The van der Waals surface area contributed by atoms with E-state index in [2.05, 4.69) is 0 Å². The van der Waals surface area contributed by atoms with Crippen molar-refractivity contribution in [1.82, 2.24) is 4.72 Å². The molecule has 0 atom stereocenters. The molecule has 6 heteroatoms. The lowest BCUT2D eigenvalue weighted by molar-refractivity contribution is 0.467. The van der Waals surface area contributed by atoms with Gasteiger partial charge in [0.25, 0.3) is 0 Å². The summed E-state index contributed by atoms with van der Waals surface area (Å²) in [4.78, 5) is 0. The van der Waals surface area contributed by atoms with Crippen molar-refractivity contribution >= 4 is 10.3 Å². The summed E-state index contributed by atoms with van der Waals surface area (Å²) in [6.07, 6.45) is 0.528. The standard InChI is InChI=1S/C3H10N2O3S/c4-2-1-3-5-9(6,7)8/h5H,1-4H2,(H,6,7,8). The third-order valence-electron chi connectivity index (χ3n) is 0.665. The maximum absolute atomic E-state index is 9.91. The van der Waals surface area contributed by atoms with E-state index >= 15 is 0 Å². The molecule has 56 valence electrons. The van der Waals surface area contributed by atoms with Gasteiger partial charge in [0, 0.05) is 6.54 Å². The fraction of sp³-hybridized carbons (Fsp3) is 1.00. The Bertz CT molecular complexity index is 152. The number of rotatable bonds is 4. The van der Waals surface area contributed by atoms with Crippen LogP contribution in [0.25, 0.3) is 0 Å². The highest BCUT2D eigenvalue weighted by atomic mass is 32.2. The average Bonchev–Trinajstić information content (AvgIpc) is 1.63. The summed E-state index contributed by atoms with van der Waals surface area (Å²) in [5.74, 6) is 0. The average molecular weight is 154 g/mol. The highest BCUT2D eigenvalue weighted by Crippen LogP contribution is 1.74. The van der Waals surface area contributed by atoms with E-state index in [4.69, 9.17) is 10.3 Å². The molecule has 0 spiro atoms. The molecule has 0 aromatic carbocycles. The molecule has 0 aliphatic heterocycles. The van der Waals surface area contributed by atoms with Crippen molar-refractivity contribution in [2.45, 2.75) is 6.42 Å². The molecule has 0 radical (unpaired) electrons. The van der Waals surface area contributed by atoms with Gasteiger partial charge < -0.3 is 5.73 Å². The zero-order valence-electron chi connectivity index (χ0n) is 4.87. The Morgan fingerprint density at radius 2 is 2.11 bits per heavy atom. The number of nitrogens with two attached hydrogens (primary N) is 1. The lowest BCUT2D eigenvalue weighted by atomic mass is 10.4. The van der Waals surface area contributed by atoms with Gasteiger partial charge in [-0.1, -0.05) is 0 Å². The quantitative estimate of drug-likeness (QED) is 0.347. The van der Waals surface area contributed by atoms with Crippen LogP contribution in [0, 0.1) is 0 Å². The van der Waals surface area contributed by atoms with Gasteiger partial charge in [-0.25, -0.2) is 0 Å². The molecule has 0 aromatic heterocycles. The fourth-order valence-electron chi connectivity index (χ4n) is 0.303. The first-order chi connectivity index (χ1) is 4.06. The summed E-state index contributed by atoms with van der Waals surface area (Å²) < 4.78 is 29.8. The number of nitrogens with one attached hydrogen (secondary N) is 1. The zero-order valence-corrected chi connectivity index (χ0v) is 5.69. The molecule has 0 aliphatic rings. The molecule has 0 amide bonds. The van der Waals surface area contributed by atoms with Crippen LogP contribution >= 0.6 is 0 Å². The normalized spacial score (nSPS) is 11.8. The van der Waals surface area contributed by atoms with Crippen LogP contribution in [-0.4, -0.2) is 26.1 Å². The van der Waals surface area contributed by atoms with E-state index in [1.807, 2.05) is 4.72 Å². The predicted molar refractivity (Wildman–Crippen MR) is 33.2 cm³/mol. The Kier molecular flexibility index (Phi) is 3.71. The molecule has 0 unspecified atom stereocenters. The molecule has 0 heterocycles. The van der Waals surface area contributed by atoms with Crippen molar-refractivity contribution in [3.63, 3.8) is 0 Å². The zero-order chi connectivity index (χ0) is 7.33. The van der Waals surface area contributed by atoms with E-state index in [1.165, 1.54) is 0 Å². The van der Waals surface area contributed by atoms with Gasteiger partial charge in [-0.05, 0) is 13.0 Å². The van der Waals surface area contributed by atoms with Crippen LogP contribution in [0.2, 0.25) is 0 Å². The lowest BCUT2D eigenvalue weighted by Gasteiger charge is -1.96. The van der Waals surface area contributed by atoms with Gasteiger partial charge in [-0.15, -0.1) is 0 Å². The highest BCUT2D eigenvalue weighted by Gasteiger charge is 1.98. The summed E-state index contributed by atoms with van der Waals surface area (Å²) in [7, 11) is -4.00. The van der Waals surface area contributed by atoms with Crippen LogP contribution in [-0.2, 0) is 10.3 Å². The Balaban J connectivity index is 3.30. The molecular weight excluding hydrogens is 144 g/mol. The number of hydrogen-bond acceptors (Lipinski definition) is 3. The van der Waals surface area contributed by atoms with Gasteiger partial charge in [-0.3, -0.25) is 4.55 Å². The third kappa shape index (κ3) is 7.83. The summed E-state index contributed by atoms with van der Waals surface area (Å²) in [5.41, 5.74) is 5.04. The van der Waals surface area contributed by atoms with E-state index in [1.54, 1.807) is 0 Å². The van der Waals surface area contributed by atoms with Crippen LogP contribution in [0.1, 0.15) is 6.42 Å². The van der Waals surface area contributed by atoms with E-state index in [0.717, 1.165) is 0 Å². The SMILES string of the molecule is NCCCNS(=O)(=O)O. The fourth-order valence-corrected chi connectivity index (χ4v) is 0.705. The van der Waals surface area contributed by atoms with Crippen LogP contribution in [0.4, 0.5) is 0 Å². The van der Waals surface area contributed by atoms with Crippen molar-refractivity contribution < 1.29 is 13.0 Å². The second kappa shape index (κ2) is 3.78. The van der Waals surface area contributed by atoms with Gasteiger partial charge in [-0.2, -0.15) is 13.1 Å². The summed E-state index contributed by atoms with van der Waals surface area (Å²) in [6.45, 7) is 0.595. The minimum atomic E-state index is -4.00. The minimum Gasteiger partial charge on any atom is -0.330 e. The van der Waals surface area contributed by atoms with E-state index in [9.17, 15) is 8.42 Å². The monoisotopic (exact) mass is 154 g/mol. The largest absolute Gasteiger partial charge is 0.333 e. The van der Waals surface area contributed by atoms with E-state index in [-0.39, 0.29) is 6.54 Å². The molecule has 5 nitrogen and oxygen atoms in total. The van der Waals surface area contributed by atoms with Gasteiger partial charge in [0.2, 0.25) is 0 Å².